The predicted octanol–water partition coefficient (Wildman–Crippen LogP) is 2.53. The Morgan fingerprint density at radius 1 is 1.22 bits per heavy atom. The Kier molecular flexibility index (Phi) is 3.91. The number of nitrogens with zero attached hydrogens (tertiary/aromatic N) is 3. The number of nitrogens with two attached hydrogens (primary N) is 1. The molecule has 2 aromatic rings. The van der Waals surface area contributed by atoms with Gasteiger partial charge in [-0.3, -0.25) is 9.36 Å². The van der Waals surface area contributed by atoms with Crippen LogP contribution in [0.2, 0.25) is 0 Å². The summed E-state index contributed by atoms with van der Waals surface area (Å²) in [5, 5.41) is 0.174. The Morgan fingerprint density at radius 3 is 2.48 bits per heavy atom. The molecule has 2 fully saturated rings. The minimum Gasteiger partial charge on any atom is -0.368 e. The van der Waals surface area contributed by atoms with Crippen molar-refractivity contribution in [1.82, 2.24) is 9.24 Å². The normalized spacial score (nSPS) is 22.4. The zero-order valence-electron chi connectivity index (χ0n) is 16.4. The Morgan fingerprint density at radius 2 is 1.89 bits per heavy atom. The van der Waals surface area contributed by atoms with Crippen LogP contribution in [0.3, 0.4) is 0 Å². The maximum Gasteiger partial charge on any atom is 0.350 e. The second kappa shape index (κ2) is 5.84. The third-order valence-corrected chi connectivity index (χ3v) is 6.56. The monoisotopic (exact) mass is 374 g/mol. The molecule has 1 atom stereocenters. The lowest BCUT2D eigenvalue weighted by Crippen LogP contribution is -2.46. The molecule has 1 aromatic carbocycles. The Bertz CT molecular complexity index is 1050. The van der Waals surface area contributed by atoms with Crippen LogP contribution in [0.1, 0.15) is 51.6 Å². The summed E-state index contributed by atoms with van der Waals surface area (Å²) in [5.74, 6) is 5.80. The van der Waals surface area contributed by atoms with Gasteiger partial charge in [0.2, 0.25) is 0 Å². The number of aromatic nitrogens is 2. The summed E-state index contributed by atoms with van der Waals surface area (Å²) in [6.07, 6.45) is 2.71. The van der Waals surface area contributed by atoms with Crippen molar-refractivity contribution in [3.63, 3.8) is 0 Å². The molecule has 1 aliphatic heterocycles. The van der Waals surface area contributed by atoms with Gasteiger partial charge in [0, 0.05) is 24.7 Å². The van der Waals surface area contributed by atoms with Gasteiger partial charge < -0.3 is 10.7 Å². The van der Waals surface area contributed by atoms with Crippen molar-refractivity contribution >= 4 is 16.6 Å². The third-order valence-electron chi connectivity index (χ3n) is 6.56. The van der Waals surface area contributed by atoms with Crippen molar-refractivity contribution in [3.05, 3.63) is 38.3 Å². The van der Waals surface area contributed by atoms with Crippen LogP contribution in [0.25, 0.3) is 10.9 Å². The second-order valence-electron chi connectivity index (χ2n) is 8.89. The van der Waals surface area contributed by atoms with Gasteiger partial charge in [-0.25, -0.2) is 9.18 Å². The van der Waals surface area contributed by atoms with E-state index in [1.165, 1.54) is 6.07 Å². The van der Waals surface area contributed by atoms with Crippen LogP contribution in [0, 0.1) is 24.1 Å². The van der Waals surface area contributed by atoms with E-state index in [9.17, 15) is 9.59 Å². The average molecular weight is 374 g/mol. The maximum atomic E-state index is 15.2. The average Bonchev–Trinajstić information content (AvgIpc) is 3.42. The molecule has 2 N–H and O–H groups in total. The number of anilines is 1. The Labute approximate surface area is 157 Å². The minimum atomic E-state index is -0.645. The van der Waals surface area contributed by atoms with Crippen LogP contribution in [-0.4, -0.2) is 22.3 Å². The lowest BCUT2D eigenvalue weighted by atomic mass is 9.75. The number of hydrogen-bond acceptors (Lipinski definition) is 4. The molecule has 7 heteroatoms. The van der Waals surface area contributed by atoms with Gasteiger partial charge in [0.25, 0.3) is 5.56 Å². The van der Waals surface area contributed by atoms with Gasteiger partial charge in [-0.05, 0) is 43.6 Å². The van der Waals surface area contributed by atoms with E-state index in [-0.39, 0.29) is 16.8 Å². The van der Waals surface area contributed by atoms with E-state index in [1.807, 2.05) is 6.92 Å². The number of benzene rings is 1. The van der Waals surface area contributed by atoms with Crippen molar-refractivity contribution in [3.8, 4) is 0 Å². The van der Waals surface area contributed by atoms with Crippen molar-refractivity contribution < 1.29 is 4.39 Å². The molecule has 27 heavy (non-hydrogen) atoms. The molecule has 2 heterocycles. The molecule has 0 spiro atoms. The summed E-state index contributed by atoms with van der Waals surface area (Å²) >= 11 is 0. The molecule has 4 rings (SSSR count). The van der Waals surface area contributed by atoms with Crippen LogP contribution in [0.4, 0.5) is 10.1 Å². The first-order valence-corrected chi connectivity index (χ1v) is 9.64. The third kappa shape index (κ3) is 2.66. The molecular formula is C20H27FN4O2. The summed E-state index contributed by atoms with van der Waals surface area (Å²) in [4.78, 5) is 27.2. The second-order valence-corrected chi connectivity index (χ2v) is 8.89. The molecule has 1 aromatic heterocycles. The highest BCUT2D eigenvalue weighted by molar-refractivity contribution is 5.87. The highest BCUT2D eigenvalue weighted by Gasteiger charge is 2.36. The van der Waals surface area contributed by atoms with Gasteiger partial charge in [-0.2, -0.15) is 4.68 Å². The predicted molar refractivity (Wildman–Crippen MR) is 105 cm³/mol. The van der Waals surface area contributed by atoms with E-state index in [2.05, 4.69) is 25.7 Å². The van der Waals surface area contributed by atoms with Crippen molar-refractivity contribution in [2.24, 2.45) is 11.3 Å². The molecule has 2 aliphatic rings. The molecule has 6 nitrogen and oxygen atoms in total. The molecule has 1 saturated heterocycles. The standard InChI is InChI=1S/C20H27FN4O2/c1-11-7-8-23(10-20(11,3)4)17-12(2)16-14(9-15(17)21)18(26)25(22)19(27)24(16)13-5-6-13/h9,11,13H,5-8,10,22H2,1-4H3. The van der Waals surface area contributed by atoms with Crippen LogP contribution in [0.5, 0.6) is 0 Å². The Balaban J connectivity index is 1.99. The highest BCUT2D eigenvalue weighted by atomic mass is 19.1. The van der Waals surface area contributed by atoms with E-state index in [4.69, 9.17) is 5.84 Å². The van der Waals surface area contributed by atoms with Crippen molar-refractivity contribution in [2.75, 3.05) is 23.8 Å². The van der Waals surface area contributed by atoms with Gasteiger partial charge in [0.1, 0.15) is 5.82 Å². The van der Waals surface area contributed by atoms with Gasteiger partial charge in [-0.15, -0.1) is 0 Å². The molecule has 1 saturated carbocycles. The number of nitrogen functional groups attached to an aromatic ring is 1. The van der Waals surface area contributed by atoms with Gasteiger partial charge in [0.05, 0.1) is 16.6 Å². The van der Waals surface area contributed by atoms with E-state index < -0.39 is 17.1 Å². The summed E-state index contributed by atoms with van der Waals surface area (Å²) in [5.41, 5.74) is 0.573. The number of aryl methyl sites for hydroxylation is 1. The van der Waals surface area contributed by atoms with Crippen LogP contribution in [0.15, 0.2) is 15.7 Å². The number of halogens is 1. The van der Waals surface area contributed by atoms with E-state index >= 15 is 4.39 Å². The number of fused-ring (bicyclic) bond motifs is 1. The number of rotatable bonds is 2. The number of hydrogen-bond donors (Lipinski definition) is 1. The van der Waals surface area contributed by atoms with Gasteiger partial charge in [0.15, 0.2) is 0 Å². The summed E-state index contributed by atoms with van der Waals surface area (Å²) in [6.45, 7) is 9.94. The zero-order valence-corrected chi connectivity index (χ0v) is 16.4. The van der Waals surface area contributed by atoms with Crippen molar-refractivity contribution in [1.29, 1.82) is 0 Å². The topological polar surface area (TPSA) is 73.3 Å². The number of piperidine rings is 1. The van der Waals surface area contributed by atoms with Crippen molar-refractivity contribution in [2.45, 2.75) is 53.0 Å². The first-order valence-electron chi connectivity index (χ1n) is 9.64. The zero-order chi connectivity index (χ0) is 19.7. The fraction of sp³-hybridized carbons (Fsp3) is 0.600. The summed E-state index contributed by atoms with van der Waals surface area (Å²) < 4.78 is 17.3. The van der Waals surface area contributed by atoms with Crippen LogP contribution in [-0.2, 0) is 0 Å². The maximum absolute atomic E-state index is 15.2. The largest absolute Gasteiger partial charge is 0.368 e. The molecule has 146 valence electrons. The van der Waals surface area contributed by atoms with Gasteiger partial charge in [-0.1, -0.05) is 20.8 Å². The molecule has 1 aliphatic carbocycles. The molecule has 0 radical (unpaired) electrons. The van der Waals surface area contributed by atoms with Crippen LogP contribution >= 0.6 is 0 Å². The first-order chi connectivity index (χ1) is 12.6. The molecule has 1 unspecified atom stereocenters. The molecule has 0 bridgehead atoms. The highest BCUT2D eigenvalue weighted by Crippen LogP contribution is 2.41. The molecule has 0 amide bonds. The quantitative estimate of drug-likeness (QED) is 0.820. The summed E-state index contributed by atoms with van der Waals surface area (Å²) in [6, 6.07) is 1.29. The lowest BCUT2D eigenvalue weighted by molar-refractivity contribution is 0.193. The van der Waals surface area contributed by atoms with E-state index in [0.29, 0.717) is 27.4 Å². The van der Waals surface area contributed by atoms with E-state index in [0.717, 1.165) is 32.4 Å². The summed E-state index contributed by atoms with van der Waals surface area (Å²) in [7, 11) is 0. The lowest BCUT2D eigenvalue weighted by Gasteiger charge is -2.44. The van der Waals surface area contributed by atoms with Crippen LogP contribution < -0.4 is 22.0 Å². The fourth-order valence-corrected chi connectivity index (χ4v) is 4.38. The van der Waals surface area contributed by atoms with E-state index in [1.54, 1.807) is 4.57 Å². The Hall–Kier alpha value is -2.31. The first kappa shape index (κ1) is 18.1. The SMILES string of the molecule is Cc1c(N2CCC(C)C(C)(C)C2)c(F)cc2c(=O)n(N)c(=O)n(C3CC3)c12. The van der Waals surface area contributed by atoms with Gasteiger partial charge >= 0.3 is 5.69 Å². The fourth-order valence-electron chi connectivity index (χ4n) is 4.38. The smallest absolute Gasteiger partial charge is 0.350 e. The minimum absolute atomic E-state index is 0.0326. The molecular weight excluding hydrogens is 347 g/mol.